The van der Waals surface area contributed by atoms with Gasteiger partial charge in [0.1, 0.15) is 5.75 Å². The molecule has 1 fully saturated rings. The van der Waals surface area contributed by atoms with E-state index in [1.807, 2.05) is 12.1 Å². The molecular weight excluding hydrogens is 334 g/mol. The summed E-state index contributed by atoms with van der Waals surface area (Å²) in [5.41, 5.74) is 1.93. The summed E-state index contributed by atoms with van der Waals surface area (Å²) in [6, 6.07) is 7.24. The van der Waals surface area contributed by atoms with Crippen molar-refractivity contribution in [3.05, 3.63) is 46.8 Å². The summed E-state index contributed by atoms with van der Waals surface area (Å²) in [4.78, 5) is 27.1. The lowest BCUT2D eigenvalue weighted by Gasteiger charge is -2.28. The lowest BCUT2D eigenvalue weighted by atomic mass is 9.91. The molecule has 2 aromatic rings. The Morgan fingerprint density at radius 2 is 2.19 bits per heavy atom. The Hall–Kier alpha value is -2.83. The van der Waals surface area contributed by atoms with E-state index < -0.39 is 5.54 Å². The zero-order chi connectivity index (χ0) is 18.3. The average Bonchev–Trinajstić information content (AvgIpc) is 3.23. The number of aryl methyl sites for hydroxylation is 2. The number of amides is 2. The van der Waals surface area contributed by atoms with E-state index in [-0.39, 0.29) is 17.6 Å². The van der Waals surface area contributed by atoms with Crippen LogP contribution in [0.4, 0.5) is 0 Å². The van der Waals surface area contributed by atoms with Crippen LogP contribution in [-0.2, 0) is 6.42 Å². The Kier molecular flexibility index (Phi) is 3.94. The first-order valence-electron chi connectivity index (χ1n) is 8.72. The van der Waals surface area contributed by atoms with Gasteiger partial charge in [0.25, 0.3) is 11.8 Å². The molecule has 1 atom stereocenters. The van der Waals surface area contributed by atoms with Gasteiger partial charge in [0.15, 0.2) is 0 Å². The van der Waals surface area contributed by atoms with Gasteiger partial charge < -0.3 is 19.5 Å². The molecule has 0 radical (unpaired) electrons. The van der Waals surface area contributed by atoms with E-state index in [2.05, 4.69) is 10.5 Å². The Bertz CT molecular complexity index is 875. The summed E-state index contributed by atoms with van der Waals surface area (Å²) in [7, 11) is 1.59. The van der Waals surface area contributed by atoms with Crippen LogP contribution in [0.15, 0.2) is 28.8 Å². The van der Waals surface area contributed by atoms with Crippen molar-refractivity contribution in [1.29, 1.82) is 0 Å². The number of hydrogen-bond donors (Lipinski definition) is 1. The fraction of sp³-hybridized carbons (Fsp3) is 0.421. The molecule has 26 heavy (non-hydrogen) atoms. The molecule has 1 saturated heterocycles. The molecule has 1 aromatic carbocycles. The Labute approximate surface area is 151 Å². The minimum Gasteiger partial charge on any atom is -0.497 e. The van der Waals surface area contributed by atoms with E-state index in [0.717, 1.165) is 24.8 Å². The van der Waals surface area contributed by atoms with E-state index in [4.69, 9.17) is 9.26 Å². The first kappa shape index (κ1) is 16.6. The number of nitrogens with one attached hydrogen (secondary N) is 1. The molecule has 4 rings (SSSR count). The summed E-state index contributed by atoms with van der Waals surface area (Å²) >= 11 is 0. The van der Waals surface area contributed by atoms with Crippen LogP contribution in [0.5, 0.6) is 5.75 Å². The zero-order valence-electron chi connectivity index (χ0n) is 14.9. The van der Waals surface area contributed by atoms with Crippen LogP contribution in [0.25, 0.3) is 0 Å². The van der Waals surface area contributed by atoms with Crippen LogP contribution in [0.1, 0.15) is 45.0 Å². The highest BCUT2D eigenvalue weighted by molar-refractivity contribution is 5.97. The van der Waals surface area contributed by atoms with Crippen molar-refractivity contribution in [3.8, 4) is 5.75 Å². The van der Waals surface area contributed by atoms with Gasteiger partial charge in [-0.1, -0.05) is 11.2 Å². The normalized spacial score (nSPS) is 22.1. The summed E-state index contributed by atoms with van der Waals surface area (Å²) in [6.07, 6.45) is 2.29. The Morgan fingerprint density at radius 3 is 2.92 bits per heavy atom. The molecule has 1 N–H and O–H groups in total. The first-order chi connectivity index (χ1) is 12.5. The molecule has 2 amide bonds. The minimum atomic E-state index is -0.409. The molecule has 7 nitrogen and oxygen atoms in total. The van der Waals surface area contributed by atoms with Gasteiger partial charge in [0.05, 0.1) is 18.3 Å². The van der Waals surface area contributed by atoms with Crippen LogP contribution in [0.2, 0.25) is 0 Å². The van der Waals surface area contributed by atoms with Crippen molar-refractivity contribution in [1.82, 2.24) is 15.4 Å². The molecule has 0 bridgehead atoms. The fourth-order valence-corrected chi connectivity index (χ4v) is 3.83. The predicted molar refractivity (Wildman–Crippen MR) is 93.3 cm³/mol. The second-order valence-electron chi connectivity index (χ2n) is 7.07. The number of rotatable bonds is 2. The maximum absolute atomic E-state index is 12.8. The largest absolute Gasteiger partial charge is 0.497 e. The van der Waals surface area contributed by atoms with Gasteiger partial charge in [0.2, 0.25) is 5.76 Å². The van der Waals surface area contributed by atoms with Gasteiger partial charge in [-0.05, 0) is 43.9 Å². The highest BCUT2D eigenvalue weighted by atomic mass is 16.5. The van der Waals surface area contributed by atoms with E-state index in [1.54, 1.807) is 31.1 Å². The highest BCUT2D eigenvalue weighted by Crippen LogP contribution is 2.32. The number of fused-ring (bicyclic) bond motifs is 1. The Balaban J connectivity index is 1.54. The number of aromatic nitrogens is 1. The third kappa shape index (κ3) is 2.83. The number of benzene rings is 1. The molecule has 3 heterocycles. The predicted octanol–water partition coefficient (Wildman–Crippen LogP) is 1.95. The molecule has 1 aromatic heterocycles. The topological polar surface area (TPSA) is 84.7 Å². The molecule has 0 unspecified atom stereocenters. The van der Waals surface area contributed by atoms with Crippen LogP contribution >= 0.6 is 0 Å². The third-order valence-electron chi connectivity index (χ3n) is 5.29. The molecule has 2 aliphatic rings. The monoisotopic (exact) mass is 355 g/mol. The summed E-state index contributed by atoms with van der Waals surface area (Å²) in [5, 5.41) is 6.95. The SMILES string of the molecule is COc1ccc2c(c1)C(=O)N[C@@]1(CC2)CCN(C(=O)c2cc(C)no2)C1. The second kappa shape index (κ2) is 6.16. The smallest absolute Gasteiger partial charge is 0.292 e. The van der Waals surface area contributed by atoms with Gasteiger partial charge in [-0.2, -0.15) is 0 Å². The van der Waals surface area contributed by atoms with Crippen LogP contribution in [-0.4, -0.2) is 47.6 Å². The van der Waals surface area contributed by atoms with Gasteiger partial charge in [-0.15, -0.1) is 0 Å². The molecule has 1 spiro atoms. The standard InChI is InChI=1S/C19H21N3O4/c1-12-9-16(26-21-12)18(24)22-8-7-19(11-22)6-5-13-3-4-14(25-2)10-15(13)17(23)20-19/h3-4,9-10H,5-8,11H2,1-2H3,(H,20,23)/t19-/m0/s1. The lowest BCUT2D eigenvalue weighted by molar-refractivity contribution is 0.0726. The van der Waals surface area contributed by atoms with Gasteiger partial charge in [0, 0.05) is 24.7 Å². The number of methoxy groups -OCH3 is 1. The number of likely N-dealkylation sites (tertiary alicyclic amines) is 1. The number of nitrogens with zero attached hydrogens (tertiary/aromatic N) is 2. The highest BCUT2D eigenvalue weighted by Gasteiger charge is 2.43. The van der Waals surface area contributed by atoms with Crippen molar-refractivity contribution in [3.63, 3.8) is 0 Å². The number of carbonyl (C=O) groups is 2. The van der Waals surface area contributed by atoms with Crippen molar-refractivity contribution in [2.75, 3.05) is 20.2 Å². The summed E-state index contributed by atoms with van der Waals surface area (Å²) < 4.78 is 10.3. The number of ether oxygens (including phenoxy) is 1. The zero-order valence-corrected chi connectivity index (χ0v) is 14.9. The molecule has 0 aliphatic carbocycles. The lowest BCUT2D eigenvalue weighted by Crippen LogP contribution is -2.50. The van der Waals surface area contributed by atoms with E-state index in [0.29, 0.717) is 30.1 Å². The number of hydrogen-bond acceptors (Lipinski definition) is 5. The van der Waals surface area contributed by atoms with Crippen LogP contribution < -0.4 is 10.1 Å². The third-order valence-corrected chi connectivity index (χ3v) is 5.29. The minimum absolute atomic E-state index is 0.110. The van der Waals surface area contributed by atoms with Crippen molar-refractivity contribution >= 4 is 11.8 Å². The molecule has 2 aliphatic heterocycles. The van der Waals surface area contributed by atoms with E-state index in [1.165, 1.54) is 0 Å². The average molecular weight is 355 g/mol. The van der Waals surface area contributed by atoms with Crippen molar-refractivity contribution in [2.45, 2.75) is 31.7 Å². The van der Waals surface area contributed by atoms with Crippen LogP contribution in [0, 0.1) is 6.92 Å². The quantitative estimate of drug-likeness (QED) is 0.890. The molecular formula is C19H21N3O4. The van der Waals surface area contributed by atoms with E-state index in [9.17, 15) is 9.59 Å². The summed E-state index contributed by atoms with van der Waals surface area (Å²) in [5.74, 6) is 0.618. The number of carbonyl (C=O) groups excluding carboxylic acids is 2. The first-order valence-corrected chi connectivity index (χ1v) is 8.72. The van der Waals surface area contributed by atoms with E-state index >= 15 is 0 Å². The Morgan fingerprint density at radius 1 is 1.35 bits per heavy atom. The molecule has 7 heteroatoms. The van der Waals surface area contributed by atoms with Gasteiger partial charge in [-0.3, -0.25) is 9.59 Å². The fourth-order valence-electron chi connectivity index (χ4n) is 3.83. The van der Waals surface area contributed by atoms with Crippen LogP contribution in [0.3, 0.4) is 0 Å². The second-order valence-corrected chi connectivity index (χ2v) is 7.07. The molecule has 0 saturated carbocycles. The van der Waals surface area contributed by atoms with Gasteiger partial charge in [-0.25, -0.2) is 0 Å². The maximum Gasteiger partial charge on any atom is 0.292 e. The molecule has 136 valence electrons. The maximum atomic E-state index is 12.8. The van der Waals surface area contributed by atoms with Crippen molar-refractivity contribution < 1.29 is 18.8 Å². The van der Waals surface area contributed by atoms with Gasteiger partial charge >= 0.3 is 0 Å². The van der Waals surface area contributed by atoms with Crippen molar-refractivity contribution in [2.24, 2.45) is 0 Å². The summed E-state index contributed by atoms with van der Waals surface area (Å²) in [6.45, 7) is 2.84.